The van der Waals surface area contributed by atoms with E-state index in [0.717, 1.165) is 0 Å². The highest BCUT2D eigenvalue weighted by atomic mass is 35.5. The summed E-state index contributed by atoms with van der Waals surface area (Å²) in [6, 6.07) is 3.26. The van der Waals surface area contributed by atoms with Crippen molar-refractivity contribution in [3.05, 3.63) is 29.7 Å². The van der Waals surface area contributed by atoms with Gasteiger partial charge in [0, 0.05) is 23.2 Å². The topological polar surface area (TPSA) is 66.2 Å². The Balaban J connectivity index is 2.70. The first kappa shape index (κ1) is 9.39. The Morgan fingerprint density at radius 2 is 2.07 bits per heavy atom. The van der Waals surface area contributed by atoms with E-state index in [9.17, 15) is 0 Å². The molecule has 0 spiro atoms. The van der Waals surface area contributed by atoms with Crippen LogP contribution in [0.2, 0.25) is 5.15 Å². The van der Waals surface area contributed by atoms with Gasteiger partial charge in [-0.1, -0.05) is 11.6 Å². The number of aromatic nitrogens is 2. The average molecular weight is 208 g/mol. The van der Waals surface area contributed by atoms with Crippen LogP contribution in [-0.2, 0) is 0 Å². The predicted octanol–water partition coefficient (Wildman–Crippen LogP) is -0.0370. The number of halogens is 1. The fraction of sp³-hybridized carbons (Fsp3) is 0. The molecule has 0 amide bonds. The summed E-state index contributed by atoms with van der Waals surface area (Å²) in [6.07, 6.45) is 2.94. The standard InChI is InChI=1S/C8H6BClN2O2/c10-8-6-3-5(9(13)14)4-12-7(6)1-2-11-8/h1-4,13-14H. The summed E-state index contributed by atoms with van der Waals surface area (Å²) in [7, 11) is -1.54. The zero-order chi connectivity index (χ0) is 10.1. The second-order valence-electron chi connectivity index (χ2n) is 2.81. The SMILES string of the molecule is OB(O)c1cnc2ccnc(Cl)c2c1. The highest BCUT2D eigenvalue weighted by Gasteiger charge is 2.12. The van der Waals surface area contributed by atoms with Crippen LogP contribution < -0.4 is 5.46 Å². The van der Waals surface area contributed by atoms with Crippen molar-refractivity contribution in [2.45, 2.75) is 0 Å². The molecule has 0 unspecified atom stereocenters. The zero-order valence-corrected chi connectivity index (χ0v) is 7.81. The van der Waals surface area contributed by atoms with Gasteiger partial charge in [-0.15, -0.1) is 0 Å². The lowest BCUT2D eigenvalue weighted by Crippen LogP contribution is -2.30. The summed E-state index contributed by atoms with van der Waals surface area (Å²) >= 11 is 5.82. The second kappa shape index (κ2) is 3.53. The molecule has 0 fully saturated rings. The Hall–Kier alpha value is -1.17. The van der Waals surface area contributed by atoms with E-state index in [-0.39, 0.29) is 0 Å². The first-order valence-corrected chi connectivity index (χ1v) is 4.32. The minimum atomic E-state index is -1.54. The van der Waals surface area contributed by atoms with E-state index in [2.05, 4.69) is 9.97 Å². The van der Waals surface area contributed by atoms with Crippen molar-refractivity contribution in [3.8, 4) is 0 Å². The molecule has 2 aromatic rings. The summed E-state index contributed by atoms with van der Waals surface area (Å²) in [6.45, 7) is 0. The summed E-state index contributed by atoms with van der Waals surface area (Å²) < 4.78 is 0. The molecule has 2 N–H and O–H groups in total. The van der Waals surface area contributed by atoms with Crippen LogP contribution in [0.5, 0.6) is 0 Å². The molecule has 2 aromatic heterocycles. The fourth-order valence-electron chi connectivity index (χ4n) is 1.17. The first-order valence-electron chi connectivity index (χ1n) is 3.95. The minimum absolute atomic E-state index is 0.299. The van der Waals surface area contributed by atoms with Crippen molar-refractivity contribution < 1.29 is 10.0 Å². The maximum atomic E-state index is 8.93. The molecule has 2 rings (SSSR count). The van der Waals surface area contributed by atoms with Crippen LogP contribution in [0.4, 0.5) is 0 Å². The molecule has 0 aromatic carbocycles. The van der Waals surface area contributed by atoms with Crippen molar-refractivity contribution in [1.29, 1.82) is 0 Å². The van der Waals surface area contributed by atoms with E-state index in [0.29, 0.717) is 21.5 Å². The van der Waals surface area contributed by atoms with E-state index >= 15 is 0 Å². The molecule has 0 saturated carbocycles. The third kappa shape index (κ3) is 1.57. The Labute approximate surface area is 85.3 Å². The molecule has 0 radical (unpaired) electrons. The maximum absolute atomic E-state index is 8.93. The zero-order valence-electron chi connectivity index (χ0n) is 7.05. The largest absolute Gasteiger partial charge is 0.490 e. The Kier molecular flexibility index (Phi) is 2.37. The highest BCUT2D eigenvalue weighted by Crippen LogP contribution is 2.17. The van der Waals surface area contributed by atoms with Crippen LogP contribution in [0.3, 0.4) is 0 Å². The summed E-state index contributed by atoms with van der Waals surface area (Å²) in [5, 5.41) is 18.8. The third-order valence-corrected chi connectivity index (χ3v) is 2.18. The van der Waals surface area contributed by atoms with Crippen LogP contribution in [0, 0.1) is 0 Å². The normalized spacial score (nSPS) is 10.5. The average Bonchev–Trinajstić information content (AvgIpc) is 2.18. The van der Waals surface area contributed by atoms with Gasteiger partial charge in [0.2, 0.25) is 0 Å². The molecular formula is C8H6BClN2O2. The van der Waals surface area contributed by atoms with Crippen LogP contribution >= 0.6 is 11.6 Å². The molecule has 0 aliphatic heterocycles. The number of hydrogen-bond acceptors (Lipinski definition) is 4. The number of rotatable bonds is 1. The Bertz CT molecular complexity index is 478. The molecule has 0 aliphatic rings. The maximum Gasteiger partial charge on any atom is 0.490 e. The number of pyridine rings is 2. The van der Waals surface area contributed by atoms with E-state index in [4.69, 9.17) is 21.6 Å². The monoisotopic (exact) mass is 208 g/mol. The van der Waals surface area contributed by atoms with Gasteiger partial charge in [0.1, 0.15) is 5.15 Å². The van der Waals surface area contributed by atoms with Crippen LogP contribution in [0.25, 0.3) is 10.9 Å². The molecule has 4 nitrogen and oxygen atoms in total. The molecular weight excluding hydrogens is 202 g/mol. The fourth-order valence-corrected chi connectivity index (χ4v) is 1.38. The van der Waals surface area contributed by atoms with Crippen molar-refractivity contribution in [1.82, 2.24) is 9.97 Å². The number of fused-ring (bicyclic) bond motifs is 1. The van der Waals surface area contributed by atoms with E-state index in [1.807, 2.05) is 0 Å². The van der Waals surface area contributed by atoms with Gasteiger partial charge in [0.05, 0.1) is 5.52 Å². The molecule has 0 bridgehead atoms. The van der Waals surface area contributed by atoms with Gasteiger partial charge in [-0.2, -0.15) is 0 Å². The quantitative estimate of drug-likeness (QED) is 0.510. The highest BCUT2D eigenvalue weighted by molar-refractivity contribution is 6.58. The summed E-state index contributed by atoms with van der Waals surface area (Å²) in [4.78, 5) is 7.89. The Morgan fingerprint density at radius 3 is 2.79 bits per heavy atom. The van der Waals surface area contributed by atoms with Crippen molar-refractivity contribution >= 4 is 35.1 Å². The van der Waals surface area contributed by atoms with E-state index in [1.165, 1.54) is 6.20 Å². The van der Waals surface area contributed by atoms with Crippen molar-refractivity contribution in [2.24, 2.45) is 0 Å². The van der Waals surface area contributed by atoms with Crippen molar-refractivity contribution in [3.63, 3.8) is 0 Å². The van der Waals surface area contributed by atoms with E-state index in [1.54, 1.807) is 18.3 Å². The van der Waals surface area contributed by atoms with Gasteiger partial charge in [-0.05, 0) is 12.1 Å². The van der Waals surface area contributed by atoms with Gasteiger partial charge in [0.15, 0.2) is 0 Å². The minimum Gasteiger partial charge on any atom is -0.423 e. The lowest BCUT2D eigenvalue weighted by atomic mass is 9.81. The van der Waals surface area contributed by atoms with Gasteiger partial charge in [0.25, 0.3) is 0 Å². The van der Waals surface area contributed by atoms with Gasteiger partial charge >= 0.3 is 7.12 Å². The lowest BCUT2D eigenvalue weighted by Gasteiger charge is -2.02. The van der Waals surface area contributed by atoms with Gasteiger partial charge in [-0.25, -0.2) is 4.98 Å². The molecule has 0 atom stereocenters. The van der Waals surface area contributed by atoms with Crippen LogP contribution in [0.1, 0.15) is 0 Å². The van der Waals surface area contributed by atoms with Crippen LogP contribution in [0.15, 0.2) is 24.5 Å². The molecule has 2 heterocycles. The van der Waals surface area contributed by atoms with Gasteiger partial charge < -0.3 is 10.0 Å². The lowest BCUT2D eigenvalue weighted by molar-refractivity contribution is 0.425. The smallest absolute Gasteiger partial charge is 0.423 e. The van der Waals surface area contributed by atoms with E-state index < -0.39 is 7.12 Å². The molecule has 14 heavy (non-hydrogen) atoms. The molecule has 0 aliphatic carbocycles. The molecule has 70 valence electrons. The first-order chi connectivity index (χ1) is 6.68. The number of hydrogen-bond donors (Lipinski definition) is 2. The number of nitrogens with zero attached hydrogens (tertiary/aromatic N) is 2. The summed E-state index contributed by atoms with van der Waals surface area (Å²) in [5.74, 6) is 0. The van der Waals surface area contributed by atoms with Crippen LogP contribution in [-0.4, -0.2) is 27.1 Å². The summed E-state index contributed by atoms with van der Waals surface area (Å²) in [5.41, 5.74) is 0.974. The second-order valence-corrected chi connectivity index (χ2v) is 3.17. The molecule has 6 heteroatoms. The van der Waals surface area contributed by atoms with Gasteiger partial charge in [-0.3, -0.25) is 4.98 Å². The van der Waals surface area contributed by atoms with Crippen molar-refractivity contribution in [2.75, 3.05) is 0 Å². The predicted molar refractivity (Wildman–Crippen MR) is 54.4 cm³/mol. The third-order valence-electron chi connectivity index (χ3n) is 1.88. The molecule has 0 saturated heterocycles. The Morgan fingerprint density at radius 1 is 1.29 bits per heavy atom.